The Morgan fingerprint density at radius 1 is 1.15 bits per heavy atom. The average molecular weight is 401 g/mol. The fourth-order valence-corrected chi connectivity index (χ4v) is 4.19. The van der Waals surface area contributed by atoms with E-state index in [1.165, 1.54) is 0 Å². The predicted molar refractivity (Wildman–Crippen MR) is 107 cm³/mol. The highest BCUT2D eigenvalue weighted by Crippen LogP contribution is 2.37. The molecule has 0 spiro atoms. The van der Waals surface area contributed by atoms with Gasteiger partial charge in [-0.25, -0.2) is 0 Å². The van der Waals surface area contributed by atoms with Crippen LogP contribution in [0.4, 0.5) is 0 Å². The zero-order chi connectivity index (χ0) is 20.0. The summed E-state index contributed by atoms with van der Waals surface area (Å²) in [5.41, 5.74) is 0.987. The van der Waals surface area contributed by atoms with E-state index in [2.05, 4.69) is 40.4 Å². The summed E-state index contributed by atoms with van der Waals surface area (Å²) in [6.45, 7) is 16.7. The lowest BCUT2D eigenvalue weighted by atomic mass is 10.2. The molecule has 0 N–H and O–H groups in total. The van der Waals surface area contributed by atoms with Gasteiger partial charge in [0.15, 0.2) is 8.32 Å². The van der Waals surface area contributed by atoms with Crippen molar-refractivity contribution in [1.29, 1.82) is 0 Å². The molecular weight excluding hydrogens is 368 g/mol. The first-order valence-electron chi connectivity index (χ1n) is 8.71. The van der Waals surface area contributed by atoms with E-state index in [-0.39, 0.29) is 23.1 Å². The van der Waals surface area contributed by atoms with E-state index in [0.717, 1.165) is 5.56 Å². The molecule has 0 saturated carbocycles. The molecule has 0 aliphatic rings. The van der Waals surface area contributed by atoms with Crippen LogP contribution in [0.3, 0.4) is 0 Å². The van der Waals surface area contributed by atoms with Crippen LogP contribution in [0.5, 0.6) is 0 Å². The van der Waals surface area contributed by atoms with Crippen LogP contribution >= 0.6 is 0 Å². The molecule has 0 bridgehead atoms. The average Bonchev–Trinajstić information content (AvgIpc) is 2.52. The predicted octanol–water partition coefficient (Wildman–Crippen LogP) is 4.29. The summed E-state index contributed by atoms with van der Waals surface area (Å²) in [5.74, 6) is 0. The fourth-order valence-electron chi connectivity index (χ4n) is 1.93. The van der Waals surface area contributed by atoms with Crippen molar-refractivity contribution in [1.82, 2.24) is 0 Å². The third kappa shape index (κ3) is 6.96. The molecule has 0 heterocycles. The quantitative estimate of drug-likeness (QED) is 0.254. The van der Waals surface area contributed by atoms with Crippen molar-refractivity contribution in [3.8, 4) is 0 Å². The van der Waals surface area contributed by atoms with Gasteiger partial charge in [0, 0.05) is 0 Å². The largest absolute Gasteiger partial charge is 0.409 e. The van der Waals surface area contributed by atoms with Crippen molar-refractivity contribution in [2.75, 3.05) is 19.8 Å². The highest BCUT2D eigenvalue weighted by atomic mass is 32.2. The molecule has 0 aromatic heterocycles. The number of hydrogen-bond donors (Lipinski definition) is 0. The minimum Gasteiger partial charge on any atom is -0.409 e. The summed E-state index contributed by atoms with van der Waals surface area (Å²) in [7, 11) is -5.93. The van der Waals surface area contributed by atoms with Crippen LogP contribution < -0.4 is 0 Å². The molecule has 0 fully saturated rings. The van der Waals surface area contributed by atoms with E-state index >= 15 is 0 Å². The van der Waals surface area contributed by atoms with Crippen molar-refractivity contribution >= 4 is 18.4 Å². The summed E-state index contributed by atoms with van der Waals surface area (Å²) in [4.78, 5) is 0.140. The van der Waals surface area contributed by atoms with Gasteiger partial charge in [0.2, 0.25) is 0 Å². The smallest absolute Gasteiger partial charge is 0.297 e. The summed E-state index contributed by atoms with van der Waals surface area (Å²) >= 11 is 0. The van der Waals surface area contributed by atoms with Crippen LogP contribution in [0, 0.1) is 6.92 Å². The molecule has 0 aliphatic carbocycles. The van der Waals surface area contributed by atoms with Crippen LogP contribution in [0.25, 0.3) is 0 Å². The molecule has 7 heteroatoms. The summed E-state index contributed by atoms with van der Waals surface area (Å²) in [6.07, 6.45) is 1.18. The number of benzene rings is 1. The highest BCUT2D eigenvalue weighted by Gasteiger charge is 2.39. The Bertz CT molecular complexity index is 675. The fraction of sp³-hybridized carbons (Fsp3) is 0.579. The zero-order valence-corrected chi connectivity index (χ0v) is 18.6. The number of rotatable bonds is 10. The molecule has 0 aliphatic heterocycles. The Hall–Kier alpha value is -0.993. The van der Waals surface area contributed by atoms with Gasteiger partial charge in [-0.2, -0.15) is 8.42 Å². The molecule has 26 heavy (non-hydrogen) atoms. The second kappa shape index (κ2) is 9.28. The number of ether oxygens (including phenoxy) is 1. The second-order valence-electron chi connectivity index (χ2n) is 7.88. The first-order valence-corrected chi connectivity index (χ1v) is 13.0. The monoisotopic (exact) mass is 400 g/mol. The van der Waals surface area contributed by atoms with Crippen molar-refractivity contribution in [3.05, 3.63) is 42.5 Å². The molecule has 0 saturated heterocycles. The van der Waals surface area contributed by atoms with Gasteiger partial charge >= 0.3 is 0 Å². The van der Waals surface area contributed by atoms with E-state index in [1.54, 1.807) is 30.3 Å². The van der Waals surface area contributed by atoms with Gasteiger partial charge in [-0.15, -0.1) is 6.58 Å². The van der Waals surface area contributed by atoms with Gasteiger partial charge in [0.05, 0.1) is 30.8 Å². The summed E-state index contributed by atoms with van der Waals surface area (Å²) in [6, 6.07) is 6.57. The van der Waals surface area contributed by atoms with E-state index in [0.29, 0.717) is 6.61 Å². The highest BCUT2D eigenvalue weighted by molar-refractivity contribution is 7.86. The minimum absolute atomic E-state index is 0.000477. The molecule has 148 valence electrons. The van der Waals surface area contributed by atoms with Gasteiger partial charge in [0.25, 0.3) is 10.1 Å². The van der Waals surface area contributed by atoms with Crippen molar-refractivity contribution < 1.29 is 21.8 Å². The van der Waals surface area contributed by atoms with Gasteiger partial charge in [-0.1, -0.05) is 44.5 Å². The molecule has 1 aromatic rings. The zero-order valence-electron chi connectivity index (χ0n) is 16.7. The molecule has 5 nitrogen and oxygen atoms in total. The normalized spacial score (nSPS) is 14.2. The van der Waals surface area contributed by atoms with Crippen LogP contribution in [0.2, 0.25) is 18.1 Å². The number of aryl methyl sites for hydroxylation is 1. The standard InChI is InChI=1S/C19H32O5SSi/c1-8-13-22-14-17(24-26(6,7)19(3,4)5)15-23-25(20,21)18-11-9-16(2)10-12-18/h8-12,17H,1,13-15H2,2-7H3/t17-/m0/s1. The Balaban J connectivity index is 2.84. The maximum atomic E-state index is 12.4. The van der Waals surface area contributed by atoms with Gasteiger partial charge in [-0.3, -0.25) is 4.18 Å². The molecule has 1 aromatic carbocycles. The Morgan fingerprint density at radius 2 is 1.73 bits per heavy atom. The van der Waals surface area contributed by atoms with Crippen LogP contribution in [0.1, 0.15) is 26.3 Å². The van der Waals surface area contributed by atoms with Gasteiger partial charge in [-0.05, 0) is 37.2 Å². The van der Waals surface area contributed by atoms with E-state index in [4.69, 9.17) is 13.3 Å². The maximum Gasteiger partial charge on any atom is 0.297 e. The summed E-state index contributed by atoms with van der Waals surface area (Å²) in [5, 5.41) is -0.000477. The topological polar surface area (TPSA) is 61.8 Å². The third-order valence-corrected chi connectivity index (χ3v) is 10.4. The van der Waals surface area contributed by atoms with Crippen LogP contribution in [-0.4, -0.2) is 42.7 Å². The minimum atomic E-state index is -3.83. The van der Waals surface area contributed by atoms with Crippen LogP contribution in [-0.2, 0) is 23.5 Å². The van der Waals surface area contributed by atoms with Crippen molar-refractivity contribution in [2.45, 2.75) is 56.8 Å². The lowest BCUT2D eigenvalue weighted by Crippen LogP contribution is -2.46. The lowest BCUT2D eigenvalue weighted by molar-refractivity contribution is 0.0298. The van der Waals surface area contributed by atoms with Gasteiger partial charge < -0.3 is 9.16 Å². The maximum absolute atomic E-state index is 12.4. The van der Waals surface area contributed by atoms with E-state index in [9.17, 15) is 8.42 Å². The first kappa shape index (κ1) is 23.0. The molecular formula is C19H32O5SSi. The van der Waals surface area contributed by atoms with E-state index in [1.807, 2.05) is 6.92 Å². The van der Waals surface area contributed by atoms with Crippen molar-refractivity contribution in [2.24, 2.45) is 0 Å². The Morgan fingerprint density at radius 3 is 2.23 bits per heavy atom. The molecule has 1 atom stereocenters. The number of hydrogen-bond acceptors (Lipinski definition) is 5. The van der Waals surface area contributed by atoms with Gasteiger partial charge in [0.1, 0.15) is 0 Å². The first-order chi connectivity index (χ1) is 11.9. The Labute approximate surface area is 159 Å². The SMILES string of the molecule is C=CCOC[C@@H](COS(=O)(=O)c1ccc(C)cc1)O[Si](C)(C)C(C)(C)C. The summed E-state index contributed by atoms with van der Waals surface area (Å²) < 4.78 is 41.9. The third-order valence-electron chi connectivity index (χ3n) is 4.53. The molecule has 0 unspecified atom stereocenters. The molecule has 1 rings (SSSR count). The van der Waals surface area contributed by atoms with E-state index < -0.39 is 24.5 Å². The molecule has 0 radical (unpaired) electrons. The van der Waals surface area contributed by atoms with Crippen LogP contribution in [0.15, 0.2) is 41.8 Å². The second-order valence-corrected chi connectivity index (χ2v) is 14.2. The Kier molecular flexibility index (Phi) is 8.22. The van der Waals surface area contributed by atoms with Crippen molar-refractivity contribution in [3.63, 3.8) is 0 Å². The molecule has 0 amide bonds. The lowest BCUT2D eigenvalue weighted by Gasteiger charge is -2.39.